The summed E-state index contributed by atoms with van der Waals surface area (Å²) < 4.78 is 7.81. The predicted octanol–water partition coefficient (Wildman–Crippen LogP) is 3.46. The van der Waals surface area contributed by atoms with E-state index in [1.807, 2.05) is 30.3 Å². The monoisotopic (exact) mass is 374 g/mol. The minimum Gasteiger partial charge on any atom is -0.451 e. The van der Waals surface area contributed by atoms with Gasteiger partial charge in [-0.15, -0.1) is 0 Å². The summed E-state index contributed by atoms with van der Waals surface area (Å²) in [6.07, 6.45) is 2.21. The van der Waals surface area contributed by atoms with Crippen molar-refractivity contribution in [3.8, 4) is 0 Å². The Morgan fingerprint density at radius 1 is 1.05 bits per heavy atom. The molecule has 1 aromatic rings. The lowest BCUT2D eigenvalue weighted by Crippen LogP contribution is -2.05. The lowest BCUT2D eigenvalue weighted by Gasteiger charge is -2.20. The molecule has 0 amide bonds. The smallest absolute Gasteiger partial charge is 0.330 e. The SMILES string of the molecule is C=CC(=O)OCSP(=S)(SCOC(=O)C=C)c1ccccc1. The Balaban J connectivity index is 2.74. The molecule has 0 aliphatic heterocycles. The molecule has 0 unspecified atom stereocenters. The van der Waals surface area contributed by atoms with Crippen LogP contribution in [0.1, 0.15) is 0 Å². The van der Waals surface area contributed by atoms with Gasteiger partial charge in [-0.1, -0.05) is 78.1 Å². The third-order valence-corrected chi connectivity index (χ3v) is 12.7. The summed E-state index contributed by atoms with van der Waals surface area (Å²) in [5, 5.41) is 0.962. The maximum atomic E-state index is 11.1. The Morgan fingerprint density at radius 3 is 1.91 bits per heavy atom. The molecule has 22 heavy (non-hydrogen) atoms. The van der Waals surface area contributed by atoms with Crippen LogP contribution in [0.3, 0.4) is 0 Å². The molecule has 0 aromatic heterocycles. The summed E-state index contributed by atoms with van der Waals surface area (Å²) in [6, 6.07) is 9.52. The quantitative estimate of drug-likeness (QED) is 0.284. The van der Waals surface area contributed by atoms with Crippen molar-refractivity contribution in [2.24, 2.45) is 0 Å². The van der Waals surface area contributed by atoms with E-state index in [-0.39, 0.29) is 11.9 Å². The number of hydrogen-bond donors (Lipinski definition) is 0. The molecule has 0 saturated carbocycles. The van der Waals surface area contributed by atoms with Crippen LogP contribution in [-0.2, 0) is 30.9 Å². The molecule has 4 nitrogen and oxygen atoms in total. The zero-order valence-corrected chi connectivity index (χ0v) is 15.0. The minimum absolute atomic E-state index is 0.124. The molecular formula is C14H15O4PS3. The number of benzene rings is 1. The molecular weight excluding hydrogens is 359 g/mol. The van der Waals surface area contributed by atoms with E-state index < -0.39 is 16.4 Å². The van der Waals surface area contributed by atoms with E-state index in [2.05, 4.69) is 13.2 Å². The molecule has 1 rings (SSSR count). The first-order chi connectivity index (χ1) is 10.5. The zero-order chi connectivity index (χ0) is 16.4. The van der Waals surface area contributed by atoms with Gasteiger partial charge in [0.05, 0.1) is 4.44 Å². The fourth-order valence-corrected chi connectivity index (χ4v) is 8.33. The van der Waals surface area contributed by atoms with E-state index in [4.69, 9.17) is 21.3 Å². The van der Waals surface area contributed by atoms with E-state index in [1.165, 1.54) is 22.8 Å². The molecule has 1 aromatic carbocycles. The van der Waals surface area contributed by atoms with Crippen LogP contribution in [-0.4, -0.2) is 23.8 Å². The van der Waals surface area contributed by atoms with Crippen molar-refractivity contribution in [2.75, 3.05) is 11.9 Å². The van der Waals surface area contributed by atoms with E-state index in [1.54, 1.807) is 0 Å². The first kappa shape index (κ1) is 19.0. The lowest BCUT2D eigenvalue weighted by atomic mass is 10.4. The lowest BCUT2D eigenvalue weighted by molar-refractivity contribution is -0.136. The van der Waals surface area contributed by atoms with Crippen molar-refractivity contribution in [1.29, 1.82) is 0 Å². The van der Waals surface area contributed by atoms with Crippen molar-refractivity contribution in [3.63, 3.8) is 0 Å². The Morgan fingerprint density at radius 2 is 1.50 bits per heavy atom. The zero-order valence-electron chi connectivity index (χ0n) is 11.7. The van der Waals surface area contributed by atoms with Crippen LogP contribution in [0.2, 0.25) is 0 Å². The second-order valence-electron chi connectivity index (χ2n) is 3.66. The summed E-state index contributed by atoms with van der Waals surface area (Å²) in [7, 11) is 0. The highest BCUT2D eigenvalue weighted by Gasteiger charge is 2.22. The Kier molecular flexibility index (Phi) is 8.56. The van der Waals surface area contributed by atoms with Gasteiger partial charge in [0, 0.05) is 17.5 Å². The van der Waals surface area contributed by atoms with Crippen LogP contribution in [0.4, 0.5) is 0 Å². The predicted molar refractivity (Wildman–Crippen MR) is 97.9 cm³/mol. The number of carbonyl (C=O) groups excluding carboxylic acids is 2. The van der Waals surface area contributed by atoms with Gasteiger partial charge in [0.2, 0.25) is 0 Å². The molecule has 0 bridgehead atoms. The molecule has 0 aliphatic carbocycles. The summed E-state index contributed by atoms with van der Waals surface area (Å²) in [6.45, 7) is 6.68. The van der Waals surface area contributed by atoms with Crippen LogP contribution in [0.5, 0.6) is 0 Å². The maximum absolute atomic E-state index is 11.1. The van der Waals surface area contributed by atoms with Crippen LogP contribution in [0, 0.1) is 0 Å². The molecule has 8 heteroatoms. The van der Waals surface area contributed by atoms with Gasteiger partial charge in [0.1, 0.15) is 11.9 Å². The number of rotatable bonds is 9. The fraction of sp³-hybridized carbons (Fsp3) is 0.143. The largest absolute Gasteiger partial charge is 0.451 e. The standard InChI is InChI=1S/C14H15O4PS3/c1-3-13(15)17-10-21-19(20,12-8-6-5-7-9-12)22-11-18-14(16)4-2/h3-9H,1-2,10-11H2. The molecule has 0 radical (unpaired) electrons. The van der Waals surface area contributed by atoms with E-state index in [0.29, 0.717) is 0 Å². The molecule has 0 spiro atoms. The van der Waals surface area contributed by atoms with E-state index >= 15 is 0 Å². The average Bonchev–Trinajstić information content (AvgIpc) is 2.55. The maximum Gasteiger partial charge on any atom is 0.330 e. The van der Waals surface area contributed by atoms with Crippen molar-refractivity contribution < 1.29 is 19.1 Å². The molecule has 0 saturated heterocycles. The molecule has 0 fully saturated rings. The molecule has 118 valence electrons. The minimum atomic E-state index is -2.16. The highest BCUT2D eigenvalue weighted by Crippen LogP contribution is 2.68. The van der Waals surface area contributed by atoms with Crippen molar-refractivity contribution in [1.82, 2.24) is 0 Å². The van der Waals surface area contributed by atoms with Crippen molar-refractivity contribution >= 4 is 56.3 Å². The highest BCUT2D eigenvalue weighted by molar-refractivity contribution is 9.02. The van der Waals surface area contributed by atoms with Crippen molar-refractivity contribution in [3.05, 3.63) is 55.6 Å². The summed E-state index contributed by atoms with van der Waals surface area (Å²) >= 11 is 8.47. The summed E-state index contributed by atoms with van der Waals surface area (Å²) in [4.78, 5) is 22.2. The van der Waals surface area contributed by atoms with Crippen LogP contribution >= 0.6 is 27.2 Å². The molecule has 0 N–H and O–H groups in total. The number of carbonyl (C=O) groups is 2. The first-order valence-electron chi connectivity index (χ1n) is 6.05. The number of hydrogen-bond acceptors (Lipinski definition) is 7. The fourth-order valence-electron chi connectivity index (χ4n) is 1.22. The van der Waals surface area contributed by atoms with Crippen LogP contribution in [0.25, 0.3) is 0 Å². The highest BCUT2D eigenvalue weighted by atomic mass is 33.2. The Bertz CT molecular complexity index is 559. The van der Waals surface area contributed by atoms with Gasteiger partial charge < -0.3 is 9.47 Å². The number of esters is 2. The summed E-state index contributed by atoms with van der Waals surface area (Å²) in [5.74, 6) is -0.742. The first-order valence-corrected chi connectivity index (χ1v) is 12.0. The van der Waals surface area contributed by atoms with E-state index in [9.17, 15) is 9.59 Å². The topological polar surface area (TPSA) is 52.6 Å². The third-order valence-electron chi connectivity index (χ3n) is 2.25. The van der Waals surface area contributed by atoms with Gasteiger partial charge in [-0.25, -0.2) is 9.59 Å². The second kappa shape index (κ2) is 9.90. The van der Waals surface area contributed by atoms with Gasteiger partial charge in [-0.2, -0.15) is 0 Å². The molecule has 0 heterocycles. The van der Waals surface area contributed by atoms with E-state index in [0.717, 1.165) is 17.5 Å². The Labute approximate surface area is 142 Å². The number of ether oxygens (including phenoxy) is 2. The van der Waals surface area contributed by atoms with Gasteiger partial charge in [-0.05, 0) is 0 Å². The second-order valence-corrected chi connectivity index (χ2v) is 14.7. The molecule has 0 aliphatic rings. The van der Waals surface area contributed by atoms with Gasteiger partial charge in [0.15, 0.2) is 0 Å². The summed E-state index contributed by atoms with van der Waals surface area (Å²) in [5.41, 5.74) is 0. The molecule has 0 atom stereocenters. The Hall–Kier alpha value is -1.01. The van der Waals surface area contributed by atoms with Gasteiger partial charge in [-0.3, -0.25) is 0 Å². The third kappa shape index (κ3) is 6.40. The van der Waals surface area contributed by atoms with Crippen LogP contribution in [0.15, 0.2) is 55.6 Å². The van der Waals surface area contributed by atoms with Gasteiger partial charge in [0.25, 0.3) is 0 Å². The average molecular weight is 374 g/mol. The van der Waals surface area contributed by atoms with Crippen molar-refractivity contribution in [2.45, 2.75) is 0 Å². The normalized spacial score (nSPS) is 10.5. The van der Waals surface area contributed by atoms with Crippen LogP contribution < -0.4 is 5.30 Å². The van der Waals surface area contributed by atoms with Gasteiger partial charge >= 0.3 is 11.9 Å².